The number of nitrogens with one attached hydrogen (secondary N) is 1. The molecule has 1 atom stereocenters. The highest BCUT2D eigenvalue weighted by Gasteiger charge is 2.24. The minimum Gasteiger partial charge on any atom is -0.305 e. The van der Waals surface area contributed by atoms with Crippen molar-refractivity contribution in [1.82, 2.24) is 20.3 Å². The Morgan fingerprint density at radius 1 is 1.38 bits per heavy atom. The van der Waals surface area contributed by atoms with Crippen LogP contribution in [0.4, 0.5) is 0 Å². The number of rotatable bonds is 4. The Kier molecular flexibility index (Phi) is 4.76. The summed E-state index contributed by atoms with van der Waals surface area (Å²) < 4.78 is 2.70. The standard InChI is InChI=1S/C15H21BrN4S/c1-3-17-13(14-15(16)18-19-20(14)2)12-9-10-7-5-4-6-8-11(10)21-12/h9,13,17H,3-8H2,1-2H3. The molecule has 2 aromatic heterocycles. The first-order valence-corrected chi connectivity index (χ1v) is 9.21. The van der Waals surface area contributed by atoms with Crippen molar-refractivity contribution in [3.05, 3.63) is 31.7 Å². The molecule has 1 unspecified atom stereocenters. The van der Waals surface area contributed by atoms with Crippen LogP contribution in [-0.4, -0.2) is 21.5 Å². The van der Waals surface area contributed by atoms with Crippen LogP contribution >= 0.6 is 27.3 Å². The van der Waals surface area contributed by atoms with Gasteiger partial charge in [-0.25, -0.2) is 4.68 Å². The predicted octanol–water partition coefficient (Wildman–Crippen LogP) is 3.61. The molecule has 21 heavy (non-hydrogen) atoms. The molecule has 6 heteroatoms. The molecule has 0 spiro atoms. The summed E-state index contributed by atoms with van der Waals surface area (Å²) in [5, 5.41) is 11.8. The Morgan fingerprint density at radius 3 is 2.90 bits per heavy atom. The lowest BCUT2D eigenvalue weighted by Crippen LogP contribution is -2.23. The van der Waals surface area contributed by atoms with Gasteiger partial charge in [0.2, 0.25) is 0 Å². The second kappa shape index (κ2) is 6.58. The third-order valence-corrected chi connectivity index (χ3v) is 5.93. The van der Waals surface area contributed by atoms with Crippen molar-refractivity contribution in [2.24, 2.45) is 7.05 Å². The van der Waals surface area contributed by atoms with Crippen LogP contribution in [-0.2, 0) is 19.9 Å². The maximum Gasteiger partial charge on any atom is 0.153 e. The third kappa shape index (κ3) is 3.07. The molecule has 2 heterocycles. The molecule has 0 aromatic carbocycles. The van der Waals surface area contributed by atoms with E-state index in [0.29, 0.717) is 0 Å². The van der Waals surface area contributed by atoms with E-state index in [1.165, 1.54) is 37.0 Å². The zero-order valence-corrected chi connectivity index (χ0v) is 14.9. The van der Waals surface area contributed by atoms with Crippen molar-refractivity contribution in [1.29, 1.82) is 0 Å². The highest BCUT2D eigenvalue weighted by atomic mass is 79.9. The van der Waals surface area contributed by atoms with Gasteiger partial charge in [-0.1, -0.05) is 18.6 Å². The number of fused-ring (bicyclic) bond motifs is 1. The van der Waals surface area contributed by atoms with Gasteiger partial charge in [0.15, 0.2) is 4.60 Å². The summed E-state index contributed by atoms with van der Waals surface area (Å²) in [6.45, 7) is 3.06. The van der Waals surface area contributed by atoms with Crippen molar-refractivity contribution in [2.75, 3.05) is 6.54 Å². The molecule has 0 saturated carbocycles. The van der Waals surface area contributed by atoms with E-state index >= 15 is 0 Å². The molecule has 0 fully saturated rings. The third-order valence-electron chi connectivity index (χ3n) is 4.06. The minimum atomic E-state index is 0.168. The molecule has 0 aliphatic heterocycles. The Bertz CT molecular complexity index is 576. The Hall–Kier alpha value is -0.720. The SMILES string of the molecule is CCNC(c1cc2c(s1)CCCCC2)c1c(Br)nnn1C. The molecule has 0 amide bonds. The molecule has 1 aliphatic carbocycles. The summed E-state index contributed by atoms with van der Waals surface area (Å²) in [5.41, 5.74) is 2.66. The van der Waals surface area contributed by atoms with Crippen molar-refractivity contribution in [3.8, 4) is 0 Å². The molecule has 1 N–H and O–H groups in total. The van der Waals surface area contributed by atoms with Crippen molar-refractivity contribution in [2.45, 2.75) is 45.1 Å². The first-order chi connectivity index (χ1) is 10.2. The van der Waals surface area contributed by atoms with E-state index in [-0.39, 0.29) is 6.04 Å². The summed E-state index contributed by atoms with van der Waals surface area (Å²) in [5.74, 6) is 0. The van der Waals surface area contributed by atoms with Gasteiger partial charge in [0, 0.05) is 16.8 Å². The molecule has 3 rings (SSSR count). The van der Waals surface area contributed by atoms with Crippen LogP contribution < -0.4 is 5.32 Å². The second-order valence-corrected chi connectivity index (χ2v) is 7.46. The van der Waals surface area contributed by atoms with Gasteiger partial charge >= 0.3 is 0 Å². The zero-order chi connectivity index (χ0) is 14.8. The van der Waals surface area contributed by atoms with E-state index < -0.39 is 0 Å². The summed E-state index contributed by atoms with van der Waals surface area (Å²) >= 11 is 5.50. The van der Waals surface area contributed by atoms with Crippen molar-refractivity contribution in [3.63, 3.8) is 0 Å². The van der Waals surface area contributed by atoms with Gasteiger partial charge in [-0.2, -0.15) is 0 Å². The normalized spacial score (nSPS) is 16.5. The quantitative estimate of drug-likeness (QED) is 0.838. The van der Waals surface area contributed by atoms with E-state index in [9.17, 15) is 0 Å². The fourth-order valence-corrected chi connectivity index (χ4v) is 4.91. The van der Waals surface area contributed by atoms with Gasteiger partial charge < -0.3 is 5.32 Å². The molecule has 1 aliphatic rings. The number of nitrogens with zero attached hydrogens (tertiary/aromatic N) is 3. The molecular weight excluding hydrogens is 348 g/mol. The fraction of sp³-hybridized carbons (Fsp3) is 0.600. The summed E-state index contributed by atoms with van der Waals surface area (Å²) in [7, 11) is 1.95. The van der Waals surface area contributed by atoms with Crippen molar-refractivity contribution < 1.29 is 0 Å². The van der Waals surface area contributed by atoms with E-state index in [4.69, 9.17) is 0 Å². The van der Waals surface area contributed by atoms with Crippen LogP contribution in [0.2, 0.25) is 0 Å². The van der Waals surface area contributed by atoms with Crippen LogP contribution in [0.1, 0.15) is 53.2 Å². The zero-order valence-electron chi connectivity index (χ0n) is 12.5. The number of hydrogen-bond donors (Lipinski definition) is 1. The van der Waals surface area contributed by atoms with Gasteiger partial charge in [-0.3, -0.25) is 0 Å². The lowest BCUT2D eigenvalue weighted by molar-refractivity contribution is 0.573. The first kappa shape index (κ1) is 15.2. The van der Waals surface area contributed by atoms with Crippen LogP contribution in [0.5, 0.6) is 0 Å². The monoisotopic (exact) mass is 368 g/mol. The molecular formula is C15H21BrN4S. The molecule has 4 nitrogen and oxygen atoms in total. The lowest BCUT2D eigenvalue weighted by Gasteiger charge is -2.16. The minimum absolute atomic E-state index is 0.168. The average molecular weight is 369 g/mol. The Labute approximate surface area is 138 Å². The number of aromatic nitrogens is 3. The number of halogens is 1. The number of hydrogen-bond acceptors (Lipinski definition) is 4. The van der Waals surface area contributed by atoms with Crippen LogP contribution in [0, 0.1) is 0 Å². The summed E-state index contributed by atoms with van der Waals surface area (Å²) in [6, 6.07) is 2.57. The second-order valence-electron chi connectivity index (χ2n) is 5.54. The number of aryl methyl sites for hydroxylation is 3. The highest BCUT2D eigenvalue weighted by molar-refractivity contribution is 9.10. The first-order valence-electron chi connectivity index (χ1n) is 7.60. The molecule has 0 radical (unpaired) electrons. The molecule has 114 valence electrons. The van der Waals surface area contributed by atoms with Crippen LogP contribution in [0.3, 0.4) is 0 Å². The summed E-state index contributed by atoms with van der Waals surface area (Å²) in [6.07, 6.45) is 6.49. The Balaban J connectivity index is 1.98. The van der Waals surface area contributed by atoms with Crippen LogP contribution in [0.15, 0.2) is 10.7 Å². The topological polar surface area (TPSA) is 42.7 Å². The molecule has 0 bridgehead atoms. The average Bonchev–Trinajstić information content (AvgIpc) is 2.94. The lowest BCUT2D eigenvalue weighted by atomic mass is 10.1. The molecule has 2 aromatic rings. The largest absolute Gasteiger partial charge is 0.305 e. The maximum absolute atomic E-state index is 4.14. The molecule has 0 saturated heterocycles. The van der Waals surface area contributed by atoms with E-state index in [2.05, 4.69) is 44.5 Å². The van der Waals surface area contributed by atoms with E-state index in [1.54, 1.807) is 10.4 Å². The maximum atomic E-state index is 4.14. The number of thiophene rings is 1. The van der Waals surface area contributed by atoms with Crippen LogP contribution in [0.25, 0.3) is 0 Å². The van der Waals surface area contributed by atoms with E-state index in [1.807, 2.05) is 23.1 Å². The van der Waals surface area contributed by atoms with Gasteiger partial charge in [-0.05, 0) is 59.8 Å². The van der Waals surface area contributed by atoms with Crippen molar-refractivity contribution >= 4 is 27.3 Å². The highest BCUT2D eigenvalue weighted by Crippen LogP contribution is 2.36. The van der Waals surface area contributed by atoms with Gasteiger partial charge in [0.1, 0.15) is 0 Å². The van der Waals surface area contributed by atoms with Gasteiger partial charge in [0.25, 0.3) is 0 Å². The Morgan fingerprint density at radius 2 is 2.19 bits per heavy atom. The fourth-order valence-electron chi connectivity index (χ4n) is 3.01. The van der Waals surface area contributed by atoms with Gasteiger partial charge in [-0.15, -0.1) is 16.4 Å². The smallest absolute Gasteiger partial charge is 0.153 e. The predicted molar refractivity (Wildman–Crippen MR) is 89.8 cm³/mol. The van der Waals surface area contributed by atoms with Gasteiger partial charge in [0.05, 0.1) is 11.7 Å². The van der Waals surface area contributed by atoms with E-state index in [0.717, 1.165) is 16.8 Å². The summed E-state index contributed by atoms with van der Waals surface area (Å²) in [4.78, 5) is 2.96.